The molecule has 0 aliphatic carbocycles. The van der Waals surface area contributed by atoms with Crippen LogP contribution in [0, 0.1) is 0 Å². The van der Waals surface area contributed by atoms with E-state index in [-0.39, 0.29) is 0 Å². The Labute approximate surface area is 148 Å². The summed E-state index contributed by atoms with van der Waals surface area (Å²) in [6, 6.07) is 0.833. The number of hydrogen-bond acceptors (Lipinski definition) is 3. The molecule has 0 saturated heterocycles. The second kappa shape index (κ2) is 15.8. The Morgan fingerprint density at radius 2 is 1.39 bits per heavy atom. The highest BCUT2D eigenvalue weighted by atomic mass is 32.1. The van der Waals surface area contributed by atoms with E-state index in [1.807, 2.05) is 20.8 Å². The van der Waals surface area contributed by atoms with E-state index in [4.69, 9.17) is 13.3 Å². The summed E-state index contributed by atoms with van der Waals surface area (Å²) in [6.45, 7) is 10.0. The summed E-state index contributed by atoms with van der Waals surface area (Å²) in [4.78, 5) is 0. The number of hydrogen-bond donors (Lipinski definition) is 2. The number of unbranched alkanes of at least 4 members (excludes halogenated alkanes) is 4. The molecule has 4 nitrogen and oxygen atoms in total. The zero-order valence-corrected chi connectivity index (χ0v) is 17.5. The summed E-state index contributed by atoms with van der Waals surface area (Å²) in [5.74, 6) is 0.947. The van der Waals surface area contributed by atoms with Gasteiger partial charge >= 0.3 is 8.80 Å². The van der Waals surface area contributed by atoms with Gasteiger partial charge in [0.2, 0.25) is 0 Å². The maximum atomic E-state index is 9.97. The van der Waals surface area contributed by atoms with Gasteiger partial charge in [0.1, 0.15) is 0 Å². The first-order valence-electron chi connectivity index (χ1n) is 9.28. The average Bonchev–Trinajstić information content (AvgIpc) is 2.52. The molecular formula is C17H38O4SSi. The maximum absolute atomic E-state index is 9.97. The van der Waals surface area contributed by atoms with Crippen LogP contribution < -0.4 is 0 Å². The second-order valence-electron chi connectivity index (χ2n) is 5.55. The van der Waals surface area contributed by atoms with Crippen LogP contribution in [0.5, 0.6) is 0 Å². The van der Waals surface area contributed by atoms with Gasteiger partial charge < -0.3 is 18.4 Å². The molecule has 0 aliphatic rings. The number of thiol groups is 1. The Kier molecular flexibility index (Phi) is 16.0. The Morgan fingerprint density at radius 3 is 1.91 bits per heavy atom. The lowest BCUT2D eigenvalue weighted by molar-refractivity contribution is 0.0712. The van der Waals surface area contributed by atoms with Crippen molar-refractivity contribution in [2.24, 2.45) is 0 Å². The normalized spacial score (nSPS) is 13.2. The summed E-state index contributed by atoms with van der Waals surface area (Å²) in [7, 11) is -2.50. The van der Waals surface area contributed by atoms with Crippen LogP contribution >= 0.6 is 11.4 Å². The molecule has 0 aromatic rings. The van der Waals surface area contributed by atoms with Crippen LogP contribution in [0.2, 0.25) is 6.04 Å². The van der Waals surface area contributed by atoms with E-state index in [1.54, 1.807) is 0 Å². The smallest absolute Gasteiger partial charge is 0.374 e. The number of rotatable bonds is 16. The molecular weight excluding hydrogens is 328 g/mol. The van der Waals surface area contributed by atoms with Crippen molar-refractivity contribution in [2.75, 3.05) is 25.6 Å². The third-order valence-corrected chi connectivity index (χ3v) is 7.81. The topological polar surface area (TPSA) is 47.9 Å². The first-order valence-corrected chi connectivity index (χ1v) is 12.3. The molecule has 0 fully saturated rings. The van der Waals surface area contributed by atoms with Gasteiger partial charge in [-0.3, -0.25) is 0 Å². The summed E-state index contributed by atoms with van der Waals surface area (Å²) in [6.07, 6.45) is 7.99. The summed E-state index contributed by atoms with van der Waals surface area (Å²) >= 11 is 1.05. The predicted octanol–water partition coefficient (Wildman–Crippen LogP) is 4.94. The van der Waals surface area contributed by atoms with E-state index >= 15 is 0 Å². The Morgan fingerprint density at radius 1 is 0.826 bits per heavy atom. The Balaban J connectivity index is 4.08. The minimum Gasteiger partial charge on any atom is -0.374 e. The van der Waals surface area contributed by atoms with Crippen LogP contribution in [-0.2, 0) is 13.3 Å². The van der Waals surface area contributed by atoms with Crippen molar-refractivity contribution in [3.8, 4) is 0 Å². The monoisotopic (exact) mass is 366 g/mol. The van der Waals surface area contributed by atoms with E-state index in [2.05, 4.69) is 6.92 Å². The second-order valence-corrected chi connectivity index (χ2v) is 9.56. The van der Waals surface area contributed by atoms with Crippen LogP contribution in [0.15, 0.2) is 0 Å². The van der Waals surface area contributed by atoms with Gasteiger partial charge in [-0.15, -0.1) is 0 Å². The molecule has 0 saturated carbocycles. The van der Waals surface area contributed by atoms with Crippen LogP contribution in [0.3, 0.4) is 0 Å². The highest BCUT2D eigenvalue weighted by Gasteiger charge is 2.39. The summed E-state index contributed by atoms with van der Waals surface area (Å²) in [5, 5.41) is 10.6. The minimum absolute atomic E-state index is 0.623. The van der Waals surface area contributed by atoms with Crippen molar-refractivity contribution in [2.45, 2.75) is 78.7 Å². The molecule has 0 aromatic heterocycles. The first kappa shape index (κ1) is 23.3. The molecule has 0 unspecified atom stereocenters. The molecule has 0 aromatic carbocycles. The average molecular weight is 367 g/mol. The molecule has 0 rings (SSSR count). The van der Waals surface area contributed by atoms with Gasteiger partial charge in [-0.25, -0.2) is 0 Å². The molecule has 0 spiro atoms. The molecule has 1 N–H and O–H groups in total. The van der Waals surface area contributed by atoms with Crippen LogP contribution in [0.25, 0.3) is 0 Å². The zero-order chi connectivity index (χ0) is 17.4. The van der Waals surface area contributed by atoms with Gasteiger partial charge in [-0.2, -0.15) is 11.4 Å². The molecule has 0 heterocycles. The quantitative estimate of drug-likeness (QED) is 0.176. The third kappa shape index (κ3) is 12.3. The summed E-state index contributed by atoms with van der Waals surface area (Å²) < 4.78 is 17.5. The molecule has 140 valence electrons. The van der Waals surface area contributed by atoms with E-state index < -0.39 is 8.80 Å². The van der Waals surface area contributed by atoms with Gasteiger partial charge in [-0.05, 0) is 45.8 Å². The van der Waals surface area contributed by atoms with Crippen LogP contribution in [-0.4, -0.2) is 44.5 Å². The zero-order valence-electron chi connectivity index (χ0n) is 15.6. The number of aliphatic hydroxyl groups excluding tert-OH is 1. The van der Waals surface area contributed by atoms with Gasteiger partial charge in [0, 0.05) is 25.9 Å². The van der Waals surface area contributed by atoms with E-state index in [0.29, 0.717) is 24.9 Å². The highest BCUT2D eigenvalue weighted by Crippen LogP contribution is 2.19. The first-order chi connectivity index (χ1) is 11.1. The van der Waals surface area contributed by atoms with Crippen molar-refractivity contribution in [3.63, 3.8) is 0 Å². The Bertz CT molecular complexity index is 283. The van der Waals surface area contributed by atoms with Crippen molar-refractivity contribution >= 4 is 25.2 Å². The Hall–Kier alpha value is 0.277. The lowest BCUT2D eigenvalue weighted by atomic mass is 10.1. The lowest BCUT2D eigenvalue weighted by Gasteiger charge is -2.28. The molecule has 0 radical (unpaired) electrons. The van der Waals surface area contributed by atoms with Gasteiger partial charge in [-0.1, -0.05) is 32.6 Å². The molecule has 0 aliphatic heterocycles. The molecule has 23 heavy (non-hydrogen) atoms. The van der Waals surface area contributed by atoms with Gasteiger partial charge in [0.25, 0.3) is 0 Å². The molecule has 0 bridgehead atoms. The predicted molar refractivity (Wildman–Crippen MR) is 105 cm³/mol. The van der Waals surface area contributed by atoms with Crippen molar-refractivity contribution in [1.29, 1.82) is 0 Å². The molecule has 6 heteroatoms. The largest absolute Gasteiger partial charge is 0.500 e. The fourth-order valence-electron chi connectivity index (χ4n) is 2.47. The van der Waals surface area contributed by atoms with Crippen molar-refractivity contribution in [3.05, 3.63) is 0 Å². The maximum Gasteiger partial charge on any atom is 0.500 e. The number of aliphatic hydroxyl groups is 1. The van der Waals surface area contributed by atoms with Crippen molar-refractivity contribution < 1.29 is 18.4 Å². The molecule has 0 atom stereocenters. The van der Waals surface area contributed by atoms with E-state index in [9.17, 15) is 5.11 Å². The SMILES string of the molecule is CCCCCCCC(O)=[SH]CCC[Si](OCC)(OCC)OCC. The standard InChI is InChI=1S/C17H38O4SSi/c1-5-9-10-11-12-14-17(18)22-15-13-16-23(19-6-2,20-7-3)21-8-4/h18,22H,5-16H2,1-4H3. The van der Waals surface area contributed by atoms with Gasteiger partial charge in [0.15, 0.2) is 0 Å². The van der Waals surface area contributed by atoms with E-state index in [0.717, 1.165) is 42.4 Å². The van der Waals surface area contributed by atoms with Crippen LogP contribution in [0.4, 0.5) is 0 Å². The van der Waals surface area contributed by atoms with Crippen LogP contribution in [0.1, 0.15) is 72.6 Å². The van der Waals surface area contributed by atoms with Crippen molar-refractivity contribution in [1.82, 2.24) is 0 Å². The minimum atomic E-state index is -2.50. The van der Waals surface area contributed by atoms with Gasteiger partial charge in [0.05, 0.1) is 5.05 Å². The lowest BCUT2D eigenvalue weighted by Crippen LogP contribution is -2.46. The fraction of sp³-hybridized carbons (Fsp3) is 0.941. The summed E-state index contributed by atoms with van der Waals surface area (Å²) in [5.41, 5.74) is 0. The van der Waals surface area contributed by atoms with E-state index in [1.165, 1.54) is 25.7 Å². The molecule has 0 amide bonds. The fourth-order valence-corrected chi connectivity index (χ4v) is 6.27. The highest BCUT2D eigenvalue weighted by molar-refractivity contribution is 7.98. The third-order valence-electron chi connectivity index (χ3n) is 3.53.